The molecule has 206 valence electrons. The van der Waals surface area contributed by atoms with Crippen molar-refractivity contribution in [3.63, 3.8) is 0 Å². The quantitative estimate of drug-likeness (QED) is 0.398. The van der Waals surface area contributed by atoms with Crippen LogP contribution in [0.25, 0.3) is 0 Å². The van der Waals surface area contributed by atoms with Crippen molar-refractivity contribution in [3.8, 4) is 0 Å². The first kappa shape index (κ1) is 29.1. The Morgan fingerprint density at radius 3 is 2.47 bits per heavy atom. The Balaban J connectivity index is 1.74. The number of carbonyl (C=O) groups excluding carboxylic acids is 2. The number of aliphatic hydroxyl groups is 2. The molecule has 3 aliphatic carbocycles. The highest BCUT2D eigenvalue weighted by Crippen LogP contribution is 2.65. The maximum absolute atomic E-state index is 12.5. The van der Waals surface area contributed by atoms with Crippen LogP contribution in [0.2, 0.25) is 0 Å². The van der Waals surface area contributed by atoms with E-state index in [-0.39, 0.29) is 53.0 Å². The molecular weight excluding hydrogens is 458 g/mol. The summed E-state index contributed by atoms with van der Waals surface area (Å²) < 4.78 is 11.3. The van der Waals surface area contributed by atoms with Crippen LogP contribution >= 0.6 is 0 Å². The summed E-state index contributed by atoms with van der Waals surface area (Å²) in [6.45, 7) is 13.2. The molecule has 0 saturated heterocycles. The molecule has 7 unspecified atom stereocenters. The minimum absolute atomic E-state index is 0.0264. The number of hydrogen-bond acceptors (Lipinski definition) is 7. The average molecular weight is 508 g/mol. The molecule has 7 atom stereocenters. The summed E-state index contributed by atoms with van der Waals surface area (Å²) in [6, 6.07) is 0. The molecule has 2 N–H and O–H groups in total. The van der Waals surface area contributed by atoms with Crippen molar-refractivity contribution in [2.75, 3.05) is 27.2 Å². The van der Waals surface area contributed by atoms with Crippen LogP contribution in [0, 0.1) is 34.5 Å². The Hall–Kier alpha value is -1.44. The van der Waals surface area contributed by atoms with E-state index in [4.69, 9.17) is 9.47 Å². The number of aliphatic hydroxyl groups excluding tert-OH is 1. The molecule has 36 heavy (non-hydrogen) atoms. The van der Waals surface area contributed by atoms with E-state index in [1.54, 1.807) is 19.9 Å². The lowest BCUT2D eigenvalue weighted by molar-refractivity contribution is -0.206. The molecule has 0 aromatic rings. The summed E-state index contributed by atoms with van der Waals surface area (Å²) in [5.74, 6) is 0.117. The Kier molecular flexibility index (Phi) is 8.69. The third-order valence-electron chi connectivity index (χ3n) is 9.55. The van der Waals surface area contributed by atoms with Gasteiger partial charge in [-0.1, -0.05) is 33.3 Å². The van der Waals surface area contributed by atoms with E-state index in [0.29, 0.717) is 25.5 Å². The second-order valence-electron chi connectivity index (χ2n) is 13.4. The minimum atomic E-state index is -1.10. The molecule has 0 aromatic carbocycles. The highest BCUT2D eigenvalue weighted by Gasteiger charge is 2.62. The number of likely N-dealkylation sites (N-methyl/N-ethyl adjacent to an activating group) is 1. The van der Waals surface area contributed by atoms with Gasteiger partial charge in [-0.05, 0) is 89.1 Å². The Bertz CT molecular complexity index is 843. The summed E-state index contributed by atoms with van der Waals surface area (Å²) in [6.07, 6.45) is 5.10. The molecule has 0 bridgehead atoms. The number of allylic oxidation sites excluding steroid dienone is 1. The van der Waals surface area contributed by atoms with E-state index >= 15 is 0 Å². The number of carbonyl (C=O) groups is 2. The lowest BCUT2D eigenvalue weighted by Crippen LogP contribution is -2.61. The fourth-order valence-corrected chi connectivity index (χ4v) is 7.68. The van der Waals surface area contributed by atoms with Gasteiger partial charge in [0.15, 0.2) is 0 Å². The van der Waals surface area contributed by atoms with Crippen molar-refractivity contribution >= 4 is 11.9 Å². The van der Waals surface area contributed by atoms with Crippen LogP contribution < -0.4 is 0 Å². The molecule has 0 aromatic heterocycles. The van der Waals surface area contributed by atoms with Gasteiger partial charge in [0.2, 0.25) is 0 Å². The molecule has 3 aliphatic rings. The van der Waals surface area contributed by atoms with Crippen LogP contribution in [0.5, 0.6) is 0 Å². The second-order valence-corrected chi connectivity index (χ2v) is 13.4. The average Bonchev–Trinajstić information content (AvgIpc) is 2.72. The third-order valence-corrected chi connectivity index (χ3v) is 9.55. The summed E-state index contributed by atoms with van der Waals surface area (Å²) in [4.78, 5) is 26.9. The van der Waals surface area contributed by atoms with Gasteiger partial charge in [-0.15, -0.1) is 0 Å². The van der Waals surface area contributed by atoms with E-state index in [9.17, 15) is 19.8 Å². The maximum atomic E-state index is 12.5. The first-order chi connectivity index (χ1) is 16.6. The fraction of sp³-hybridized carbons (Fsp3) is 0.862. The number of fused-ring (bicyclic) bond motifs is 3. The Labute approximate surface area is 217 Å². The predicted molar refractivity (Wildman–Crippen MR) is 139 cm³/mol. The molecule has 3 saturated carbocycles. The fourth-order valence-electron chi connectivity index (χ4n) is 7.68. The van der Waals surface area contributed by atoms with E-state index in [1.165, 1.54) is 0 Å². The normalized spacial score (nSPS) is 37.2. The molecule has 3 rings (SSSR count). The van der Waals surface area contributed by atoms with Crippen molar-refractivity contribution in [2.45, 2.75) is 97.9 Å². The van der Waals surface area contributed by atoms with Gasteiger partial charge in [-0.2, -0.15) is 0 Å². The van der Waals surface area contributed by atoms with Crippen molar-refractivity contribution in [1.82, 2.24) is 4.90 Å². The van der Waals surface area contributed by atoms with Gasteiger partial charge >= 0.3 is 11.9 Å². The van der Waals surface area contributed by atoms with Gasteiger partial charge < -0.3 is 24.6 Å². The maximum Gasteiger partial charge on any atom is 0.330 e. The smallest absolute Gasteiger partial charge is 0.330 e. The second kappa shape index (κ2) is 10.7. The van der Waals surface area contributed by atoms with Crippen LogP contribution in [0.15, 0.2) is 11.6 Å². The number of ether oxygens (including phenoxy) is 2. The van der Waals surface area contributed by atoms with E-state index in [0.717, 1.165) is 31.3 Å². The Morgan fingerprint density at radius 1 is 1.19 bits per heavy atom. The van der Waals surface area contributed by atoms with E-state index < -0.39 is 11.7 Å². The molecule has 0 amide bonds. The summed E-state index contributed by atoms with van der Waals surface area (Å²) >= 11 is 0. The first-order valence-corrected chi connectivity index (χ1v) is 13.7. The van der Waals surface area contributed by atoms with Gasteiger partial charge in [0.25, 0.3) is 0 Å². The van der Waals surface area contributed by atoms with Gasteiger partial charge in [0.1, 0.15) is 12.7 Å². The van der Waals surface area contributed by atoms with Crippen molar-refractivity contribution in [2.24, 2.45) is 34.5 Å². The van der Waals surface area contributed by atoms with Gasteiger partial charge in [0, 0.05) is 18.0 Å². The van der Waals surface area contributed by atoms with Crippen LogP contribution in [0.1, 0.15) is 80.1 Å². The highest BCUT2D eigenvalue weighted by atomic mass is 16.5. The third kappa shape index (κ3) is 6.16. The van der Waals surface area contributed by atoms with E-state index in [2.05, 4.69) is 27.7 Å². The van der Waals surface area contributed by atoms with Crippen molar-refractivity contribution in [1.29, 1.82) is 0 Å². The summed E-state index contributed by atoms with van der Waals surface area (Å²) in [5.41, 5.74) is -0.274. The van der Waals surface area contributed by atoms with Crippen LogP contribution in [0.4, 0.5) is 0 Å². The van der Waals surface area contributed by atoms with Crippen LogP contribution in [-0.2, 0) is 19.1 Å². The molecule has 7 nitrogen and oxygen atoms in total. The highest BCUT2D eigenvalue weighted by molar-refractivity contribution is 5.83. The molecule has 3 fully saturated rings. The van der Waals surface area contributed by atoms with Gasteiger partial charge in [-0.25, -0.2) is 4.79 Å². The zero-order chi connectivity index (χ0) is 27.1. The molecular formula is C29H49NO6. The Morgan fingerprint density at radius 2 is 1.86 bits per heavy atom. The summed E-state index contributed by atoms with van der Waals surface area (Å²) in [5, 5.41) is 21.5. The molecule has 0 aliphatic heterocycles. The zero-order valence-corrected chi connectivity index (χ0v) is 23.7. The molecule has 0 spiro atoms. The van der Waals surface area contributed by atoms with Crippen LogP contribution in [-0.4, -0.2) is 72.1 Å². The minimum Gasteiger partial charge on any atom is -0.462 e. The topological polar surface area (TPSA) is 96.3 Å². The number of hydrogen-bond donors (Lipinski definition) is 2. The zero-order valence-electron chi connectivity index (χ0n) is 23.7. The van der Waals surface area contributed by atoms with E-state index in [1.807, 2.05) is 19.0 Å². The summed E-state index contributed by atoms with van der Waals surface area (Å²) in [7, 11) is 3.89. The van der Waals surface area contributed by atoms with Crippen molar-refractivity contribution < 1.29 is 29.3 Å². The number of rotatable bonds is 7. The first-order valence-electron chi connectivity index (χ1n) is 13.7. The lowest BCUT2D eigenvalue weighted by atomic mass is 9.42. The van der Waals surface area contributed by atoms with Crippen molar-refractivity contribution in [3.05, 3.63) is 11.6 Å². The lowest BCUT2D eigenvalue weighted by Gasteiger charge is -2.64. The standard InChI is InChI=1S/C29H49NO6/c1-18-19(15-24(32)35-14-13-30(7)8)9-10-20-26(18)21(31)16-22-28(4,5)23(11-12-29(20,22)6)36-25(33)17-27(2,3)34/h15,18,20-23,26,31,34H,9-14,16-17H2,1-8H3/b19-15-. The van der Waals surface area contributed by atoms with Gasteiger partial charge in [-0.3, -0.25) is 4.79 Å². The largest absolute Gasteiger partial charge is 0.462 e. The number of esters is 2. The molecule has 7 heteroatoms. The predicted octanol–water partition coefficient (Wildman–Crippen LogP) is 3.96. The number of nitrogens with zero attached hydrogens (tertiary/aromatic N) is 1. The molecule has 0 heterocycles. The van der Waals surface area contributed by atoms with Crippen LogP contribution in [0.3, 0.4) is 0 Å². The SMILES string of the molecule is CC1/C(=C\C(=O)OCCN(C)C)CCC2C1C(O)CC1C(C)(C)C(OC(=O)CC(C)(C)O)CCC21C. The molecule has 0 radical (unpaired) electrons. The monoisotopic (exact) mass is 507 g/mol. The van der Waals surface area contributed by atoms with Gasteiger partial charge in [0.05, 0.1) is 18.1 Å².